The highest BCUT2D eigenvalue weighted by molar-refractivity contribution is 5.70. The summed E-state index contributed by atoms with van der Waals surface area (Å²) >= 11 is 0. The lowest BCUT2D eigenvalue weighted by atomic mass is 10.2. The second-order valence-electron chi connectivity index (χ2n) is 4.23. The van der Waals surface area contributed by atoms with E-state index in [9.17, 15) is 23.3 Å². The van der Waals surface area contributed by atoms with Crippen molar-refractivity contribution in [2.24, 2.45) is 0 Å². The molecule has 0 unspecified atom stereocenters. The number of rotatable bonds is 3. The number of nitrogen functional groups attached to an aromatic ring is 1. The minimum atomic E-state index is -4.44. The van der Waals surface area contributed by atoms with Crippen LogP contribution in [0.1, 0.15) is 5.56 Å². The first kappa shape index (κ1) is 14.6. The van der Waals surface area contributed by atoms with E-state index in [1.165, 1.54) is 30.3 Å². The molecule has 0 saturated heterocycles. The lowest BCUT2D eigenvalue weighted by molar-refractivity contribution is -0.383. The average Bonchev–Trinajstić information content (AvgIpc) is 2.37. The summed E-state index contributed by atoms with van der Waals surface area (Å²) in [4.78, 5) is 9.99. The molecule has 0 spiro atoms. The molecule has 2 aromatic carbocycles. The molecule has 0 aliphatic rings. The Kier molecular flexibility index (Phi) is 3.70. The van der Waals surface area contributed by atoms with Gasteiger partial charge in [-0.25, -0.2) is 0 Å². The van der Waals surface area contributed by atoms with Gasteiger partial charge in [-0.3, -0.25) is 10.1 Å². The maximum absolute atomic E-state index is 12.6. The van der Waals surface area contributed by atoms with Crippen LogP contribution < -0.4 is 11.1 Å². The third kappa shape index (κ3) is 3.41. The zero-order valence-corrected chi connectivity index (χ0v) is 10.5. The fourth-order valence-electron chi connectivity index (χ4n) is 1.74. The van der Waals surface area contributed by atoms with Gasteiger partial charge in [0.2, 0.25) is 0 Å². The zero-order valence-electron chi connectivity index (χ0n) is 10.5. The van der Waals surface area contributed by atoms with Crippen LogP contribution in [-0.4, -0.2) is 4.92 Å². The van der Waals surface area contributed by atoms with Gasteiger partial charge in [0.05, 0.1) is 10.5 Å². The topological polar surface area (TPSA) is 81.2 Å². The van der Waals surface area contributed by atoms with Gasteiger partial charge in [-0.15, -0.1) is 0 Å². The summed E-state index contributed by atoms with van der Waals surface area (Å²) in [7, 11) is 0. The van der Waals surface area contributed by atoms with Gasteiger partial charge < -0.3 is 11.1 Å². The molecule has 0 atom stereocenters. The molecule has 2 rings (SSSR count). The number of hydrogen-bond acceptors (Lipinski definition) is 4. The quantitative estimate of drug-likeness (QED) is 0.511. The highest BCUT2D eigenvalue weighted by Crippen LogP contribution is 2.32. The molecule has 0 amide bonds. The Balaban J connectivity index is 2.27. The first-order valence-electron chi connectivity index (χ1n) is 5.75. The number of benzene rings is 2. The second-order valence-corrected chi connectivity index (χ2v) is 4.23. The minimum absolute atomic E-state index is 0.0722. The SMILES string of the molecule is Nc1cc(Nc2cccc(C(F)(F)F)c2)ccc1[N+](=O)[O-]. The fourth-order valence-corrected chi connectivity index (χ4v) is 1.74. The Labute approximate surface area is 117 Å². The van der Waals surface area contributed by atoms with Crippen molar-refractivity contribution in [3.63, 3.8) is 0 Å². The molecule has 0 aromatic heterocycles. The number of nitro benzene ring substituents is 1. The summed E-state index contributed by atoms with van der Waals surface area (Å²) < 4.78 is 37.8. The van der Waals surface area contributed by atoms with Crippen LogP contribution in [0.25, 0.3) is 0 Å². The third-order valence-corrected chi connectivity index (χ3v) is 2.70. The van der Waals surface area contributed by atoms with E-state index >= 15 is 0 Å². The van der Waals surface area contributed by atoms with Gasteiger partial charge in [0, 0.05) is 17.4 Å². The Hall–Kier alpha value is -2.77. The monoisotopic (exact) mass is 297 g/mol. The van der Waals surface area contributed by atoms with Gasteiger partial charge in [0.1, 0.15) is 5.69 Å². The minimum Gasteiger partial charge on any atom is -0.393 e. The van der Waals surface area contributed by atoms with Crippen LogP contribution >= 0.6 is 0 Å². The van der Waals surface area contributed by atoms with Crippen molar-refractivity contribution in [3.05, 3.63) is 58.1 Å². The Morgan fingerprint density at radius 3 is 2.33 bits per heavy atom. The number of anilines is 3. The molecule has 0 aliphatic carbocycles. The molecule has 110 valence electrons. The molecular weight excluding hydrogens is 287 g/mol. The summed E-state index contributed by atoms with van der Waals surface area (Å²) in [6.07, 6.45) is -4.44. The molecule has 0 fully saturated rings. The predicted molar refractivity (Wildman–Crippen MR) is 72.2 cm³/mol. The number of nitro groups is 1. The summed E-state index contributed by atoms with van der Waals surface area (Å²) in [5, 5.41) is 13.3. The lowest BCUT2D eigenvalue weighted by Gasteiger charge is -2.11. The van der Waals surface area contributed by atoms with E-state index in [0.717, 1.165) is 12.1 Å². The van der Waals surface area contributed by atoms with Crippen molar-refractivity contribution < 1.29 is 18.1 Å². The standard InChI is InChI=1S/C13H10F3N3O2/c14-13(15,16)8-2-1-3-9(6-8)18-10-4-5-12(19(20)21)11(17)7-10/h1-7,18H,17H2. The van der Waals surface area contributed by atoms with Crippen LogP contribution in [0.5, 0.6) is 0 Å². The summed E-state index contributed by atoms with van der Waals surface area (Å²) in [5.41, 5.74) is 4.96. The number of halogens is 3. The average molecular weight is 297 g/mol. The summed E-state index contributed by atoms with van der Waals surface area (Å²) in [6.45, 7) is 0. The van der Waals surface area contributed by atoms with Gasteiger partial charge in [0.25, 0.3) is 5.69 Å². The smallest absolute Gasteiger partial charge is 0.393 e. The maximum Gasteiger partial charge on any atom is 0.416 e. The largest absolute Gasteiger partial charge is 0.416 e. The van der Waals surface area contributed by atoms with E-state index in [1.54, 1.807) is 0 Å². The van der Waals surface area contributed by atoms with Gasteiger partial charge in [0.15, 0.2) is 0 Å². The summed E-state index contributed by atoms with van der Waals surface area (Å²) in [6, 6.07) is 8.46. The van der Waals surface area contributed by atoms with Crippen molar-refractivity contribution in [2.75, 3.05) is 11.1 Å². The zero-order chi connectivity index (χ0) is 15.6. The Morgan fingerprint density at radius 2 is 1.76 bits per heavy atom. The van der Waals surface area contributed by atoms with E-state index in [-0.39, 0.29) is 17.1 Å². The first-order chi connectivity index (χ1) is 9.77. The van der Waals surface area contributed by atoms with E-state index in [2.05, 4.69) is 5.32 Å². The molecule has 0 radical (unpaired) electrons. The van der Waals surface area contributed by atoms with Crippen molar-refractivity contribution >= 4 is 22.7 Å². The number of hydrogen-bond donors (Lipinski definition) is 2. The molecule has 8 heteroatoms. The van der Waals surface area contributed by atoms with Crippen molar-refractivity contribution in [1.82, 2.24) is 0 Å². The highest BCUT2D eigenvalue weighted by atomic mass is 19.4. The Bertz CT molecular complexity index is 687. The van der Waals surface area contributed by atoms with E-state index in [4.69, 9.17) is 5.73 Å². The van der Waals surface area contributed by atoms with Gasteiger partial charge in [-0.2, -0.15) is 13.2 Å². The fraction of sp³-hybridized carbons (Fsp3) is 0.0769. The molecule has 0 aliphatic heterocycles. The van der Waals surface area contributed by atoms with Crippen LogP contribution in [0.15, 0.2) is 42.5 Å². The van der Waals surface area contributed by atoms with Crippen LogP contribution in [0.3, 0.4) is 0 Å². The van der Waals surface area contributed by atoms with E-state index in [0.29, 0.717) is 5.69 Å². The normalized spacial score (nSPS) is 11.2. The molecule has 2 aromatic rings. The number of alkyl halides is 3. The second kappa shape index (κ2) is 5.31. The highest BCUT2D eigenvalue weighted by Gasteiger charge is 2.30. The van der Waals surface area contributed by atoms with Crippen molar-refractivity contribution in [3.8, 4) is 0 Å². The lowest BCUT2D eigenvalue weighted by Crippen LogP contribution is -2.05. The first-order valence-corrected chi connectivity index (χ1v) is 5.75. The molecule has 5 nitrogen and oxygen atoms in total. The van der Waals surface area contributed by atoms with Crippen molar-refractivity contribution in [1.29, 1.82) is 0 Å². The van der Waals surface area contributed by atoms with Crippen molar-refractivity contribution in [2.45, 2.75) is 6.18 Å². The van der Waals surface area contributed by atoms with E-state index < -0.39 is 16.7 Å². The Morgan fingerprint density at radius 1 is 1.10 bits per heavy atom. The van der Waals surface area contributed by atoms with Crippen LogP contribution in [0.4, 0.5) is 35.9 Å². The van der Waals surface area contributed by atoms with Crippen LogP contribution in [-0.2, 0) is 6.18 Å². The molecule has 0 heterocycles. The van der Waals surface area contributed by atoms with Gasteiger partial charge in [-0.05, 0) is 30.3 Å². The molecular formula is C13H10F3N3O2. The van der Waals surface area contributed by atoms with E-state index in [1.807, 2.05) is 0 Å². The number of nitrogens with one attached hydrogen (secondary N) is 1. The predicted octanol–water partition coefficient (Wildman–Crippen LogP) is 3.94. The molecule has 0 bridgehead atoms. The van der Waals surface area contributed by atoms with Crippen LogP contribution in [0.2, 0.25) is 0 Å². The molecule has 3 N–H and O–H groups in total. The number of nitrogens with two attached hydrogens (primary N) is 1. The van der Waals surface area contributed by atoms with Gasteiger partial charge in [-0.1, -0.05) is 6.07 Å². The summed E-state index contributed by atoms with van der Waals surface area (Å²) in [5.74, 6) is 0. The molecule has 21 heavy (non-hydrogen) atoms. The number of nitrogens with zero attached hydrogens (tertiary/aromatic N) is 1. The van der Waals surface area contributed by atoms with Gasteiger partial charge >= 0.3 is 6.18 Å². The molecule has 0 saturated carbocycles. The maximum atomic E-state index is 12.6. The van der Waals surface area contributed by atoms with Crippen LogP contribution in [0, 0.1) is 10.1 Å². The third-order valence-electron chi connectivity index (χ3n) is 2.70.